The number of morpholine rings is 1. The van der Waals surface area contributed by atoms with Crippen molar-refractivity contribution >= 4 is 11.8 Å². The zero-order valence-corrected chi connectivity index (χ0v) is 16.7. The lowest BCUT2D eigenvalue weighted by atomic mass is 10.0. The van der Waals surface area contributed by atoms with Crippen molar-refractivity contribution in [3.05, 3.63) is 71.8 Å². The van der Waals surface area contributed by atoms with E-state index in [0.717, 1.165) is 18.7 Å². The number of amides is 2. The second kappa shape index (κ2) is 11.3. The fourth-order valence-electron chi connectivity index (χ4n) is 3.48. The van der Waals surface area contributed by atoms with Crippen LogP contribution in [0.4, 0.5) is 0 Å². The Kier molecular flexibility index (Phi) is 8.22. The zero-order valence-electron chi connectivity index (χ0n) is 16.7. The Morgan fingerprint density at radius 1 is 0.897 bits per heavy atom. The summed E-state index contributed by atoms with van der Waals surface area (Å²) in [5.41, 5.74) is 2.15. The molecule has 2 N–H and O–H groups in total. The molecule has 0 spiro atoms. The van der Waals surface area contributed by atoms with Gasteiger partial charge in [0.1, 0.15) is 0 Å². The van der Waals surface area contributed by atoms with Crippen molar-refractivity contribution in [1.29, 1.82) is 0 Å². The summed E-state index contributed by atoms with van der Waals surface area (Å²) in [6.07, 6.45) is 0.598. The van der Waals surface area contributed by atoms with E-state index >= 15 is 0 Å². The van der Waals surface area contributed by atoms with Gasteiger partial charge in [-0.3, -0.25) is 14.5 Å². The number of nitrogens with zero attached hydrogens (tertiary/aromatic N) is 1. The molecule has 1 aliphatic heterocycles. The third-order valence-corrected chi connectivity index (χ3v) is 5.05. The van der Waals surface area contributed by atoms with E-state index in [0.29, 0.717) is 32.7 Å². The smallest absolute Gasteiger partial charge is 0.224 e. The number of rotatable bonds is 9. The first-order chi connectivity index (χ1) is 14.2. The lowest BCUT2D eigenvalue weighted by Crippen LogP contribution is -2.44. The van der Waals surface area contributed by atoms with Gasteiger partial charge in [0.2, 0.25) is 11.8 Å². The largest absolute Gasteiger partial charge is 0.379 e. The number of hydrogen-bond acceptors (Lipinski definition) is 4. The molecule has 29 heavy (non-hydrogen) atoms. The van der Waals surface area contributed by atoms with Crippen molar-refractivity contribution in [2.24, 2.45) is 0 Å². The number of carbonyl (C=O) groups is 2. The van der Waals surface area contributed by atoms with Gasteiger partial charge in [0.15, 0.2) is 0 Å². The van der Waals surface area contributed by atoms with E-state index in [2.05, 4.69) is 27.7 Å². The maximum absolute atomic E-state index is 12.3. The van der Waals surface area contributed by atoms with E-state index in [4.69, 9.17) is 4.74 Å². The summed E-state index contributed by atoms with van der Waals surface area (Å²) in [5.74, 6) is -0.126. The normalized spacial score (nSPS) is 15.4. The molecule has 1 saturated heterocycles. The third kappa shape index (κ3) is 7.00. The average molecular weight is 396 g/mol. The fraction of sp³-hybridized carbons (Fsp3) is 0.391. The Bertz CT molecular complexity index is 761. The molecule has 1 heterocycles. The lowest BCUT2D eigenvalue weighted by molar-refractivity contribution is -0.122. The summed E-state index contributed by atoms with van der Waals surface area (Å²) >= 11 is 0. The summed E-state index contributed by atoms with van der Waals surface area (Å²) in [7, 11) is 0. The van der Waals surface area contributed by atoms with Crippen molar-refractivity contribution in [1.82, 2.24) is 15.5 Å². The van der Waals surface area contributed by atoms with E-state index in [1.54, 1.807) is 0 Å². The minimum absolute atomic E-state index is 0.0563. The van der Waals surface area contributed by atoms with Crippen LogP contribution < -0.4 is 10.6 Å². The van der Waals surface area contributed by atoms with Gasteiger partial charge in [-0.05, 0) is 11.1 Å². The van der Waals surface area contributed by atoms with Gasteiger partial charge in [0.05, 0.1) is 25.7 Å². The maximum atomic E-state index is 12.3. The van der Waals surface area contributed by atoms with Crippen molar-refractivity contribution in [3.63, 3.8) is 0 Å². The molecule has 1 atom stereocenters. The molecule has 1 fully saturated rings. The first-order valence-electron chi connectivity index (χ1n) is 10.2. The second-order valence-electron chi connectivity index (χ2n) is 7.14. The predicted octanol–water partition coefficient (Wildman–Crippen LogP) is 1.93. The number of ether oxygens (including phenoxy) is 1. The van der Waals surface area contributed by atoms with Gasteiger partial charge in [0.25, 0.3) is 0 Å². The minimum atomic E-state index is -0.0699. The molecular formula is C23H29N3O3. The highest BCUT2D eigenvalue weighted by Gasteiger charge is 2.23. The van der Waals surface area contributed by atoms with Crippen LogP contribution in [0.5, 0.6) is 0 Å². The second-order valence-corrected chi connectivity index (χ2v) is 7.14. The summed E-state index contributed by atoms with van der Waals surface area (Å²) in [5, 5.41) is 5.85. The van der Waals surface area contributed by atoms with E-state index in [1.165, 1.54) is 5.56 Å². The van der Waals surface area contributed by atoms with Gasteiger partial charge in [0, 0.05) is 32.6 Å². The van der Waals surface area contributed by atoms with Crippen LogP contribution in [0.25, 0.3) is 0 Å². The highest BCUT2D eigenvalue weighted by atomic mass is 16.5. The predicted molar refractivity (Wildman–Crippen MR) is 112 cm³/mol. The molecule has 0 saturated carbocycles. The third-order valence-electron chi connectivity index (χ3n) is 5.05. The van der Waals surface area contributed by atoms with Crippen molar-refractivity contribution in [2.75, 3.05) is 39.4 Å². The Morgan fingerprint density at radius 2 is 1.55 bits per heavy atom. The fourth-order valence-corrected chi connectivity index (χ4v) is 3.48. The molecule has 3 rings (SSSR count). The maximum Gasteiger partial charge on any atom is 0.224 e. The molecule has 6 heteroatoms. The Morgan fingerprint density at radius 3 is 2.24 bits per heavy atom. The molecule has 6 nitrogen and oxygen atoms in total. The van der Waals surface area contributed by atoms with Crippen LogP contribution in [-0.4, -0.2) is 56.1 Å². The van der Waals surface area contributed by atoms with E-state index in [9.17, 15) is 9.59 Å². The molecule has 2 aromatic rings. The number of hydrogen-bond donors (Lipinski definition) is 2. The summed E-state index contributed by atoms with van der Waals surface area (Å²) in [6, 6.07) is 19.9. The van der Waals surface area contributed by atoms with Gasteiger partial charge in [-0.25, -0.2) is 0 Å². The molecule has 0 aromatic heterocycles. The molecular weight excluding hydrogens is 366 g/mol. The standard InChI is InChI=1S/C23H29N3O3/c27-22(11-12-24-23(28)17-19-7-3-1-4-8-19)25-18-21(20-9-5-2-6-10-20)26-13-15-29-16-14-26/h1-10,21H,11-18H2,(H,24,28)(H,25,27). The molecule has 1 aliphatic rings. The molecule has 154 valence electrons. The van der Waals surface area contributed by atoms with E-state index in [1.807, 2.05) is 48.5 Å². The first kappa shape index (κ1) is 21.0. The molecule has 0 radical (unpaired) electrons. The zero-order chi connectivity index (χ0) is 20.3. The van der Waals surface area contributed by atoms with Crippen molar-refractivity contribution in [3.8, 4) is 0 Å². The van der Waals surface area contributed by atoms with Gasteiger partial charge < -0.3 is 15.4 Å². The van der Waals surface area contributed by atoms with Crippen LogP contribution in [0.2, 0.25) is 0 Å². The van der Waals surface area contributed by atoms with Crippen LogP contribution in [0.3, 0.4) is 0 Å². The van der Waals surface area contributed by atoms with Gasteiger partial charge >= 0.3 is 0 Å². The lowest BCUT2D eigenvalue weighted by Gasteiger charge is -2.35. The Balaban J connectivity index is 1.43. The van der Waals surface area contributed by atoms with Crippen molar-refractivity contribution < 1.29 is 14.3 Å². The van der Waals surface area contributed by atoms with E-state index in [-0.39, 0.29) is 24.3 Å². The SMILES string of the molecule is O=C(CCNC(=O)Cc1ccccc1)NCC(c1ccccc1)N1CCOCC1. The number of benzene rings is 2. The Hall–Kier alpha value is -2.70. The van der Waals surface area contributed by atoms with Crippen LogP contribution in [0.1, 0.15) is 23.6 Å². The van der Waals surface area contributed by atoms with Crippen LogP contribution >= 0.6 is 0 Å². The van der Waals surface area contributed by atoms with Crippen LogP contribution in [0.15, 0.2) is 60.7 Å². The van der Waals surface area contributed by atoms with Gasteiger partial charge in [-0.1, -0.05) is 60.7 Å². The molecule has 0 aliphatic carbocycles. The first-order valence-corrected chi connectivity index (χ1v) is 10.2. The highest BCUT2D eigenvalue weighted by Crippen LogP contribution is 2.21. The molecule has 2 aromatic carbocycles. The minimum Gasteiger partial charge on any atom is -0.379 e. The highest BCUT2D eigenvalue weighted by molar-refractivity contribution is 5.80. The van der Waals surface area contributed by atoms with Crippen molar-refractivity contribution in [2.45, 2.75) is 18.9 Å². The monoisotopic (exact) mass is 395 g/mol. The van der Waals surface area contributed by atoms with Gasteiger partial charge in [-0.2, -0.15) is 0 Å². The topological polar surface area (TPSA) is 70.7 Å². The molecule has 0 bridgehead atoms. The summed E-state index contributed by atoms with van der Waals surface area (Å²) in [6.45, 7) is 4.01. The summed E-state index contributed by atoms with van der Waals surface area (Å²) in [4.78, 5) is 26.6. The Labute approximate surface area is 172 Å². The van der Waals surface area contributed by atoms with E-state index < -0.39 is 0 Å². The quantitative estimate of drug-likeness (QED) is 0.681. The van der Waals surface area contributed by atoms with Crippen LogP contribution in [-0.2, 0) is 20.7 Å². The summed E-state index contributed by atoms with van der Waals surface area (Å²) < 4.78 is 5.46. The number of nitrogens with one attached hydrogen (secondary N) is 2. The molecule has 2 amide bonds. The van der Waals surface area contributed by atoms with Gasteiger partial charge in [-0.15, -0.1) is 0 Å². The average Bonchev–Trinajstić information content (AvgIpc) is 2.76. The number of carbonyl (C=O) groups excluding carboxylic acids is 2. The molecule has 1 unspecified atom stereocenters. The van der Waals surface area contributed by atoms with Crippen LogP contribution in [0, 0.1) is 0 Å².